The summed E-state index contributed by atoms with van der Waals surface area (Å²) in [6, 6.07) is 3.58. The van der Waals surface area contributed by atoms with Crippen LogP contribution >= 0.6 is 11.5 Å². The van der Waals surface area contributed by atoms with Crippen LogP contribution < -0.4 is 5.56 Å². The molecule has 21 heavy (non-hydrogen) atoms. The van der Waals surface area contributed by atoms with Gasteiger partial charge in [-0.1, -0.05) is 0 Å². The van der Waals surface area contributed by atoms with E-state index >= 15 is 0 Å². The third-order valence-electron chi connectivity index (χ3n) is 3.55. The molecule has 0 aliphatic heterocycles. The van der Waals surface area contributed by atoms with E-state index in [9.17, 15) is 9.59 Å². The van der Waals surface area contributed by atoms with Crippen LogP contribution in [0.3, 0.4) is 0 Å². The van der Waals surface area contributed by atoms with E-state index in [0.29, 0.717) is 28.7 Å². The standard InChI is InChI=1S/C15H16N2O3S/c1-3-20-15(19)13-11(9-6-7-9)12(16-21-13)10-5-4-8-17(2)14(10)18/h4-5,8-9H,3,6-7H2,1-2H3. The third-order valence-corrected chi connectivity index (χ3v) is 4.40. The van der Waals surface area contributed by atoms with Gasteiger partial charge in [-0.25, -0.2) is 4.79 Å². The fourth-order valence-electron chi connectivity index (χ4n) is 2.36. The van der Waals surface area contributed by atoms with Gasteiger partial charge in [0.2, 0.25) is 0 Å². The molecule has 1 saturated carbocycles. The molecule has 110 valence electrons. The van der Waals surface area contributed by atoms with Gasteiger partial charge in [0, 0.05) is 18.8 Å². The predicted octanol–water partition coefficient (Wildman–Crippen LogP) is 2.56. The molecule has 0 atom stereocenters. The Kier molecular flexibility index (Phi) is 3.63. The average Bonchev–Trinajstić information content (AvgIpc) is 3.21. The van der Waals surface area contributed by atoms with Crippen LogP contribution in [0.4, 0.5) is 0 Å². The molecule has 3 rings (SSSR count). The molecule has 1 aliphatic carbocycles. The Morgan fingerprint density at radius 1 is 1.52 bits per heavy atom. The molecule has 0 unspecified atom stereocenters. The summed E-state index contributed by atoms with van der Waals surface area (Å²) in [5, 5.41) is 0. The Labute approximate surface area is 126 Å². The summed E-state index contributed by atoms with van der Waals surface area (Å²) in [6.45, 7) is 2.12. The van der Waals surface area contributed by atoms with Crippen molar-refractivity contribution in [3.63, 3.8) is 0 Å². The number of esters is 1. The lowest BCUT2D eigenvalue weighted by Gasteiger charge is -2.05. The fraction of sp³-hybridized carbons (Fsp3) is 0.400. The summed E-state index contributed by atoms with van der Waals surface area (Å²) < 4.78 is 11.0. The zero-order valence-corrected chi connectivity index (χ0v) is 12.8. The molecule has 0 aromatic carbocycles. The van der Waals surface area contributed by atoms with Crippen molar-refractivity contribution in [3.8, 4) is 11.3 Å². The first kappa shape index (κ1) is 14.0. The van der Waals surface area contributed by atoms with Crippen LogP contribution in [0.1, 0.15) is 40.9 Å². The van der Waals surface area contributed by atoms with Crippen LogP contribution in [0.5, 0.6) is 0 Å². The molecule has 2 aromatic rings. The molecule has 0 bridgehead atoms. The van der Waals surface area contributed by atoms with E-state index in [4.69, 9.17) is 4.74 Å². The minimum atomic E-state index is -0.337. The topological polar surface area (TPSA) is 61.2 Å². The number of carbonyl (C=O) groups excluding carboxylic acids is 1. The summed E-state index contributed by atoms with van der Waals surface area (Å²) in [4.78, 5) is 24.9. The number of hydrogen-bond acceptors (Lipinski definition) is 5. The zero-order valence-electron chi connectivity index (χ0n) is 12.0. The smallest absolute Gasteiger partial charge is 0.350 e. The lowest BCUT2D eigenvalue weighted by molar-refractivity contribution is 0.0531. The molecule has 6 heteroatoms. The third kappa shape index (κ3) is 2.51. The summed E-state index contributed by atoms with van der Waals surface area (Å²) in [5.41, 5.74) is 1.99. The van der Waals surface area contributed by atoms with Crippen molar-refractivity contribution in [2.24, 2.45) is 7.05 Å². The van der Waals surface area contributed by atoms with E-state index < -0.39 is 0 Å². The number of aryl methyl sites for hydroxylation is 1. The first-order valence-corrected chi connectivity index (χ1v) is 7.73. The number of pyridine rings is 1. The van der Waals surface area contributed by atoms with Gasteiger partial charge >= 0.3 is 5.97 Å². The molecule has 0 N–H and O–H groups in total. The maximum Gasteiger partial charge on any atom is 0.350 e. The van der Waals surface area contributed by atoms with Crippen molar-refractivity contribution in [3.05, 3.63) is 39.1 Å². The van der Waals surface area contributed by atoms with Crippen LogP contribution in [0.25, 0.3) is 11.3 Å². The molecule has 5 nitrogen and oxygen atoms in total. The zero-order chi connectivity index (χ0) is 15.0. The number of ether oxygens (including phenoxy) is 1. The highest BCUT2D eigenvalue weighted by Crippen LogP contribution is 2.46. The predicted molar refractivity (Wildman–Crippen MR) is 80.7 cm³/mol. The van der Waals surface area contributed by atoms with Crippen molar-refractivity contribution in [1.29, 1.82) is 0 Å². The van der Waals surface area contributed by atoms with Gasteiger partial charge in [0.05, 0.1) is 17.9 Å². The Hall–Kier alpha value is -1.95. The largest absolute Gasteiger partial charge is 0.462 e. The Morgan fingerprint density at radius 3 is 2.95 bits per heavy atom. The second-order valence-corrected chi connectivity index (χ2v) is 5.88. The number of nitrogens with zero attached hydrogens (tertiary/aromatic N) is 2. The van der Waals surface area contributed by atoms with Gasteiger partial charge in [-0.15, -0.1) is 0 Å². The normalized spacial score (nSPS) is 14.2. The van der Waals surface area contributed by atoms with Crippen molar-refractivity contribution in [2.75, 3.05) is 6.61 Å². The number of rotatable bonds is 4. The lowest BCUT2D eigenvalue weighted by atomic mass is 10.0. The monoisotopic (exact) mass is 304 g/mol. The highest BCUT2D eigenvalue weighted by molar-refractivity contribution is 7.08. The Balaban J connectivity index is 2.13. The summed E-state index contributed by atoms with van der Waals surface area (Å²) in [7, 11) is 1.71. The average molecular weight is 304 g/mol. The highest BCUT2D eigenvalue weighted by Gasteiger charge is 2.34. The van der Waals surface area contributed by atoms with Gasteiger partial charge in [-0.05, 0) is 49.3 Å². The van der Waals surface area contributed by atoms with E-state index in [-0.39, 0.29) is 11.5 Å². The lowest BCUT2D eigenvalue weighted by Crippen LogP contribution is -2.18. The maximum absolute atomic E-state index is 12.3. The molecular weight excluding hydrogens is 288 g/mol. The minimum Gasteiger partial charge on any atom is -0.462 e. The quantitative estimate of drug-likeness (QED) is 0.815. The number of hydrogen-bond donors (Lipinski definition) is 0. The number of aromatic nitrogens is 2. The van der Waals surface area contributed by atoms with Crippen molar-refractivity contribution < 1.29 is 9.53 Å². The van der Waals surface area contributed by atoms with Crippen LogP contribution in [-0.2, 0) is 11.8 Å². The maximum atomic E-state index is 12.3. The first-order valence-electron chi connectivity index (χ1n) is 6.96. The van der Waals surface area contributed by atoms with Crippen molar-refractivity contribution in [1.82, 2.24) is 8.94 Å². The molecule has 2 aromatic heterocycles. The van der Waals surface area contributed by atoms with Gasteiger partial charge in [0.15, 0.2) is 0 Å². The van der Waals surface area contributed by atoms with Crippen molar-refractivity contribution >= 4 is 17.5 Å². The molecule has 2 heterocycles. The molecule has 0 amide bonds. The molecule has 1 aliphatic rings. The summed E-state index contributed by atoms with van der Waals surface area (Å²) in [5.74, 6) is -0.0148. The van der Waals surface area contributed by atoms with E-state index in [2.05, 4.69) is 4.37 Å². The van der Waals surface area contributed by atoms with Gasteiger partial charge in [-0.3, -0.25) is 4.79 Å². The van der Waals surface area contributed by atoms with Gasteiger partial charge in [0.25, 0.3) is 5.56 Å². The highest BCUT2D eigenvalue weighted by atomic mass is 32.1. The fourth-order valence-corrected chi connectivity index (χ4v) is 3.24. The summed E-state index contributed by atoms with van der Waals surface area (Å²) in [6.07, 6.45) is 3.77. The van der Waals surface area contributed by atoms with Crippen LogP contribution in [0.2, 0.25) is 0 Å². The van der Waals surface area contributed by atoms with Crippen molar-refractivity contribution in [2.45, 2.75) is 25.7 Å². The second-order valence-electron chi connectivity index (χ2n) is 5.11. The SMILES string of the molecule is CCOC(=O)c1snc(-c2cccn(C)c2=O)c1C1CC1. The molecule has 0 spiro atoms. The molecule has 0 saturated heterocycles. The van der Waals surface area contributed by atoms with Gasteiger partial charge in [-0.2, -0.15) is 4.37 Å². The Bertz CT molecular complexity index is 744. The van der Waals surface area contributed by atoms with E-state index in [1.54, 1.807) is 26.2 Å². The number of carbonyl (C=O) groups is 1. The Morgan fingerprint density at radius 2 is 2.29 bits per heavy atom. The molecule has 0 radical (unpaired) electrons. The van der Waals surface area contributed by atoms with Gasteiger partial charge in [0.1, 0.15) is 4.88 Å². The van der Waals surface area contributed by atoms with Crippen LogP contribution in [0.15, 0.2) is 23.1 Å². The van der Waals surface area contributed by atoms with E-state index in [1.807, 2.05) is 6.07 Å². The molecule has 1 fully saturated rings. The van der Waals surface area contributed by atoms with E-state index in [0.717, 1.165) is 29.9 Å². The second kappa shape index (κ2) is 5.44. The first-order chi connectivity index (χ1) is 10.1. The van der Waals surface area contributed by atoms with Gasteiger partial charge < -0.3 is 9.30 Å². The van der Waals surface area contributed by atoms with Crippen LogP contribution in [0, 0.1) is 0 Å². The molecular formula is C15H16N2O3S. The van der Waals surface area contributed by atoms with E-state index in [1.165, 1.54) is 4.57 Å². The summed E-state index contributed by atoms with van der Waals surface area (Å²) >= 11 is 1.13. The van der Waals surface area contributed by atoms with Crippen LogP contribution in [-0.4, -0.2) is 21.5 Å². The minimum absolute atomic E-state index is 0.0971.